The molecule has 246 valence electrons. The molecule has 3 aromatic rings. The molecule has 2 amide bonds. The Balaban J connectivity index is 1.20. The maximum atomic E-state index is 15.4. The number of thioether (sulfide) groups is 2. The Hall–Kier alpha value is -4.19. The molecule has 47 heavy (non-hydrogen) atoms. The first-order valence-corrected chi connectivity index (χ1v) is 17.5. The van der Waals surface area contributed by atoms with Gasteiger partial charge in [-0.25, -0.2) is 18.7 Å². The van der Waals surface area contributed by atoms with E-state index in [0.717, 1.165) is 40.2 Å². The molecule has 3 aliphatic heterocycles. The molecule has 0 bridgehead atoms. The average molecular weight is 700 g/mol. The van der Waals surface area contributed by atoms with Crippen molar-refractivity contribution in [2.45, 2.75) is 16.3 Å². The number of piperazine rings is 1. The van der Waals surface area contributed by atoms with Crippen LogP contribution in [0.1, 0.15) is 5.69 Å². The highest BCUT2D eigenvalue weighted by Gasteiger charge is 2.54. The number of oxime groups is 1. The Kier molecular flexibility index (Phi) is 9.67. The molecule has 0 spiro atoms. The third-order valence-electron chi connectivity index (χ3n) is 7.88. The van der Waals surface area contributed by atoms with Crippen LogP contribution >= 0.6 is 34.9 Å². The molecule has 5 N–H and O–H groups in total. The van der Waals surface area contributed by atoms with E-state index in [1.807, 2.05) is 34.8 Å². The third-order valence-corrected chi connectivity index (χ3v) is 11.1. The van der Waals surface area contributed by atoms with Gasteiger partial charge in [-0.3, -0.25) is 14.5 Å². The van der Waals surface area contributed by atoms with Gasteiger partial charge in [-0.1, -0.05) is 17.8 Å². The molecule has 1 unspecified atom stereocenters. The summed E-state index contributed by atoms with van der Waals surface area (Å²) in [6.45, 7) is 6.59. The number of carbonyl (C=O) groups excluding carboxylic acids is 2. The number of anilines is 2. The number of nitrogens with zero attached hydrogens (tertiary/aromatic N) is 5. The van der Waals surface area contributed by atoms with Gasteiger partial charge in [0.15, 0.2) is 17.0 Å². The van der Waals surface area contributed by atoms with Gasteiger partial charge in [0, 0.05) is 60.1 Å². The highest BCUT2D eigenvalue weighted by molar-refractivity contribution is 8.01. The summed E-state index contributed by atoms with van der Waals surface area (Å²) in [5.41, 5.74) is 7.60. The summed E-state index contributed by atoms with van der Waals surface area (Å²) >= 11 is 3.86. The van der Waals surface area contributed by atoms with Crippen molar-refractivity contribution in [3.8, 4) is 0 Å². The molecule has 17 heteroatoms. The first-order valence-electron chi connectivity index (χ1n) is 14.6. The molecule has 0 radical (unpaired) electrons. The number of aromatic nitrogens is 2. The Labute approximate surface area is 281 Å². The van der Waals surface area contributed by atoms with Gasteiger partial charge < -0.3 is 31.2 Å². The van der Waals surface area contributed by atoms with Crippen molar-refractivity contribution in [1.82, 2.24) is 20.5 Å². The van der Waals surface area contributed by atoms with E-state index in [1.54, 1.807) is 11.4 Å². The van der Waals surface area contributed by atoms with Crippen LogP contribution in [0.15, 0.2) is 63.8 Å². The lowest BCUT2D eigenvalue weighted by Crippen LogP contribution is -2.71. The van der Waals surface area contributed by atoms with E-state index in [-0.39, 0.29) is 40.4 Å². The summed E-state index contributed by atoms with van der Waals surface area (Å²) in [5, 5.41) is 21.9. The summed E-state index contributed by atoms with van der Waals surface area (Å²) in [5.74, 6) is -2.22. The Morgan fingerprint density at radius 1 is 1.38 bits per heavy atom. The highest BCUT2D eigenvalue weighted by atomic mass is 32.2. The number of halogens is 1. The molecule has 0 saturated carbocycles. The standard InChI is InChI=1S/C30H31FN8O5S3/c1-3-10-44-36-23(19-15-47-30(32)34-19)26(40)35-24-27(41)39-25(29(42)43)16(14-46-28(24)39)13-45-22-4-7-37(2)20-12-21(18(31)11-17(20)22)38-8-5-33-6-9-38/h3-4,7,11-12,15,24,28,33H,1,5-6,8-10,13-14H2,2H3,(H3-,32,34,35,40,42,43)/p+1/t24?,28-/m0/s1. The second-order valence-corrected chi connectivity index (χ2v) is 13.9. The van der Waals surface area contributed by atoms with Crippen LogP contribution in [0.25, 0.3) is 10.9 Å². The molecular formula is C30H32FN8O5S3+. The average Bonchev–Trinajstić information content (AvgIpc) is 3.50. The van der Waals surface area contributed by atoms with Gasteiger partial charge >= 0.3 is 5.97 Å². The van der Waals surface area contributed by atoms with Crippen molar-refractivity contribution in [2.24, 2.45) is 12.2 Å². The number of carbonyl (C=O) groups is 3. The molecule has 1 aromatic carbocycles. The minimum absolute atomic E-state index is 0.0439. The molecule has 5 heterocycles. The molecule has 2 saturated heterocycles. The van der Waals surface area contributed by atoms with Gasteiger partial charge in [0.05, 0.1) is 11.1 Å². The number of pyridine rings is 1. The number of rotatable bonds is 11. The van der Waals surface area contributed by atoms with Gasteiger partial charge in [0.25, 0.3) is 11.8 Å². The number of thiazole rings is 1. The van der Waals surface area contributed by atoms with Gasteiger partial charge in [-0.05, 0) is 11.6 Å². The van der Waals surface area contributed by atoms with Gasteiger partial charge in [-0.2, -0.15) is 0 Å². The summed E-state index contributed by atoms with van der Waals surface area (Å²) in [7, 11) is 1.90. The van der Waals surface area contributed by atoms with Gasteiger partial charge in [0.1, 0.15) is 42.3 Å². The van der Waals surface area contributed by atoms with E-state index >= 15 is 4.39 Å². The molecular weight excluding hydrogens is 668 g/mol. The number of nitrogens with one attached hydrogen (secondary N) is 2. The van der Waals surface area contributed by atoms with E-state index < -0.39 is 29.2 Å². The van der Waals surface area contributed by atoms with E-state index in [4.69, 9.17) is 10.6 Å². The topological polar surface area (TPSA) is 166 Å². The van der Waals surface area contributed by atoms with Crippen LogP contribution in [-0.2, 0) is 26.3 Å². The van der Waals surface area contributed by atoms with Crippen molar-refractivity contribution in [3.05, 3.63) is 65.2 Å². The number of hydrogen-bond donors (Lipinski definition) is 4. The molecule has 6 rings (SSSR count). The predicted octanol–water partition coefficient (Wildman–Crippen LogP) is 1.69. The number of carboxylic acid groups (broad SMARTS) is 1. The maximum absolute atomic E-state index is 15.4. The van der Waals surface area contributed by atoms with Crippen LogP contribution in [0, 0.1) is 5.82 Å². The molecule has 2 atom stereocenters. The van der Waals surface area contributed by atoms with E-state index in [2.05, 4.69) is 27.4 Å². The summed E-state index contributed by atoms with van der Waals surface area (Å²) < 4.78 is 17.3. The fraction of sp³-hybridized carbons (Fsp3) is 0.333. The zero-order valence-corrected chi connectivity index (χ0v) is 27.7. The molecule has 0 aliphatic carbocycles. The number of amides is 2. The molecule has 2 fully saturated rings. The number of benzene rings is 1. The van der Waals surface area contributed by atoms with E-state index in [0.29, 0.717) is 30.1 Å². The van der Waals surface area contributed by atoms with Crippen LogP contribution in [0.5, 0.6) is 0 Å². The minimum atomic E-state index is -1.24. The molecule has 3 aliphatic rings. The van der Waals surface area contributed by atoms with Crippen LogP contribution in [0.3, 0.4) is 0 Å². The lowest BCUT2D eigenvalue weighted by molar-refractivity contribution is -0.645. The van der Waals surface area contributed by atoms with Crippen LogP contribution < -0.4 is 25.8 Å². The Morgan fingerprint density at radius 2 is 2.17 bits per heavy atom. The van der Waals surface area contributed by atoms with Gasteiger partial charge in [-0.15, -0.1) is 34.9 Å². The summed E-state index contributed by atoms with van der Waals surface area (Å²) in [4.78, 5) is 52.3. The fourth-order valence-electron chi connectivity index (χ4n) is 5.59. The zero-order chi connectivity index (χ0) is 33.2. The quantitative estimate of drug-likeness (QED) is 0.0438. The molecule has 13 nitrogen and oxygen atoms in total. The number of aliphatic carboxylic acids is 1. The van der Waals surface area contributed by atoms with E-state index in [9.17, 15) is 19.5 Å². The first kappa shape index (κ1) is 32.7. The van der Waals surface area contributed by atoms with Crippen LogP contribution in [0.4, 0.5) is 15.2 Å². The minimum Gasteiger partial charge on any atom is -0.477 e. The molecule has 2 aromatic heterocycles. The lowest BCUT2D eigenvalue weighted by atomic mass is 10.0. The van der Waals surface area contributed by atoms with E-state index in [1.165, 1.54) is 34.5 Å². The summed E-state index contributed by atoms with van der Waals surface area (Å²) in [6, 6.07) is 4.30. The van der Waals surface area contributed by atoms with Crippen molar-refractivity contribution >= 4 is 80.1 Å². The third kappa shape index (κ3) is 6.52. The van der Waals surface area contributed by atoms with Gasteiger partial charge in [0.2, 0.25) is 5.52 Å². The van der Waals surface area contributed by atoms with Crippen LogP contribution in [-0.4, -0.2) is 94.2 Å². The Bertz CT molecular complexity index is 1830. The number of carboxylic acids is 1. The fourth-order valence-corrected chi connectivity index (χ4v) is 8.66. The normalized spacial score (nSPS) is 19.8. The lowest BCUT2D eigenvalue weighted by Gasteiger charge is -2.49. The number of nitrogens with two attached hydrogens (primary N) is 1. The van der Waals surface area contributed by atoms with Crippen LogP contribution in [0.2, 0.25) is 0 Å². The largest absolute Gasteiger partial charge is 0.477 e. The monoisotopic (exact) mass is 699 g/mol. The SMILES string of the molecule is C=CCON=C(C(=O)NC1C(=O)N2C(C(=O)O)=C(CSc3cc[n+](C)c4cc(N5CCNCC5)c(F)cc34)CS[C@@H]12)c1csc(N)n1. The van der Waals surface area contributed by atoms with Crippen molar-refractivity contribution in [1.29, 1.82) is 0 Å². The first-order chi connectivity index (χ1) is 22.7. The Morgan fingerprint density at radius 3 is 2.87 bits per heavy atom. The number of β-lactam (4-membered cyclic amide) rings is 1. The zero-order valence-electron chi connectivity index (χ0n) is 25.3. The highest BCUT2D eigenvalue weighted by Crippen LogP contribution is 2.42. The van der Waals surface area contributed by atoms with Crippen molar-refractivity contribution in [2.75, 3.05) is 54.9 Å². The smallest absolute Gasteiger partial charge is 0.352 e. The number of nitrogen functional groups attached to an aromatic ring is 1. The summed E-state index contributed by atoms with van der Waals surface area (Å²) in [6.07, 6.45) is 3.35. The van der Waals surface area contributed by atoms with Crippen molar-refractivity contribution in [3.63, 3.8) is 0 Å². The number of hydrogen-bond acceptors (Lipinski definition) is 12. The maximum Gasteiger partial charge on any atom is 0.352 e. The number of aryl methyl sites for hydroxylation is 1. The second kappa shape index (κ2) is 13.9. The second-order valence-electron chi connectivity index (χ2n) is 10.9. The predicted molar refractivity (Wildman–Crippen MR) is 180 cm³/mol. The number of fused-ring (bicyclic) bond motifs is 2. The van der Waals surface area contributed by atoms with Crippen molar-refractivity contribution < 1.29 is 33.3 Å².